The molecule has 0 saturated heterocycles. The molecule has 1 heterocycles. The van der Waals surface area contributed by atoms with Crippen molar-refractivity contribution in [3.8, 4) is 0 Å². The van der Waals surface area contributed by atoms with Crippen molar-refractivity contribution in [2.24, 2.45) is 0 Å². The summed E-state index contributed by atoms with van der Waals surface area (Å²) < 4.78 is 0. The third kappa shape index (κ3) is 1.36. The van der Waals surface area contributed by atoms with Gasteiger partial charge in [-0.3, -0.25) is 0 Å². The van der Waals surface area contributed by atoms with E-state index in [1.165, 1.54) is 12.8 Å². The highest BCUT2D eigenvalue weighted by Gasteiger charge is 2.26. The number of rotatable bonds is 1. The van der Waals surface area contributed by atoms with Crippen LogP contribution in [0.25, 0.3) is 10.9 Å². The minimum atomic E-state index is 0.596. The molecule has 1 aliphatic carbocycles. The Balaban J connectivity index is 2.20. The average molecular weight is 205 g/mol. The van der Waals surface area contributed by atoms with Crippen molar-refractivity contribution >= 4 is 22.5 Å². The van der Waals surface area contributed by atoms with Crippen LogP contribution in [0.5, 0.6) is 0 Å². The van der Waals surface area contributed by atoms with E-state index in [9.17, 15) is 0 Å². The standard InChI is InChI=1S/C11H9ClN2/c12-9-4-3-8-6-13-11(7-1-2-7)14-10(8)5-9/h3-7H,1-2H2. The van der Waals surface area contributed by atoms with Crippen LogP contribution >= 0.6 is 11.6 Å². The van der Waals surface area contributed by atoms with Crippen LogP contribution in [0.4, 0.5) is 0 Å². The Morgan fingerprint density at radius 1 is 1.29 bits per heavy atom. The number of benzene rings is 1. The fraction of sp³-hybridized carbons (Fsp3) is 0.273. The number of halogens is 1. The minimum absolute atomic E-state index is 0.596. The molecule has 0 aliphatic heterocycles. The van der Waals surface area contributed by atoms with Gasteiger partial charge >= 0.3 is 0 Å². The maximum atomic E-state index is 5.91. The molecule has 0 atom stereocenters. The second kappa shape index (κ2) is 2.92. The zero-order chi connectivity index (χ0) is 9.54. The highest BCUT2D eigenvalue weighted by Crippen LogP contribution is 2.38. The monoisotopic (exact) mass is 204 g/mol. The van der Waals surface area contributed by atoms with Crippen molar-refractivity contribution in [2.45, 2.75) is 18.8 Å². The highest BCUT2D eigenvalue weighted by atomic mass is 35.5. The number of aromatic nitrogens is 2. The van der Waals surface area contributed by atoms with Crippen LogP contribution in [0.2, 0.25) is 5.02 Å². The van der Waals surface area contributed by atoms with E-state index in [-0.39, 0.29) is 0 Å². The average Bonchev–Trinajstić information content (AvgIpc) is 3.00. The molecule has 0 N–H and O–H groups in total. The van der Waals surface area contributed by atoms with Crippen molar-refractivity contribution in [3.63, 3.8) is 0 Å². The van der Waals surface area contributed by atoms with E-state index in [0.29, 0.717) is 5.92 Å². The van der Waals surface area contributed by atoms with E-state index in [0.717, 1.165) is 21.7 Å². The number of hydrogen-bond acceptors (Lipinski definition) is 2. The van der Waals surface area contributed by atoms with Gasteiger partial charge in [-0.05, 0) is 31.0 Å². The first-order valence-electron chi connectivity index (χ1n) is 4.75. The summed E-state index contributed by atoms with van der Waals surface area (Å²) in [7, 11) is 0. The molecule has 2 aromatic rings. The molecule has 0 amide bonds. The van der Waals surface area contributed by atoms with Crippen LogP contribution in [0.1, 0.15) is 24.6 Å². The summed E-state index contributed by atoms with van der Waals surface area (Å²) in [6.45, 7) is 0. The van der Waals surface area contributed by atoms with Gasteiger partial charge in [0.25, 0.3) is 0 Å². The first kappa shape index (κ1) is 8.18. The van der Waals surface area contributed by atoms with Crippen LogP contribution in [0.15, 0.2) is 24.4 Å². The van der Waals surface area contributed by atoms with Gasteiger partial charge in [0.1, 0.15) is 5.82 Å². The van der Waals surface area contributed by atoms with Gasteiger partial charge in [0.2, 0.25) is 0 Å². The Morgan fingerprint density at radius 3 is 2.93 bits per heavy atom. The fourth-order valence-electron chi connectivity index (χ4n) is 1.55. The van der Waals surface area contributed by atoms with Gasteiger partial charge in [0.05, 0.1) is 5.52 Å². The lowest BCUT2D eigenvalue weighted by atomic mass is 10.2. The molecule has 3 rings (SSSR count). The first-order valence-corrected chi connectivity index (χ1v) is 5.13. The SMILES string of the molecule is Clc1ccc2cnc(C3CC3)nc2c1. The minimum Gasteiger partial charge on any atom is -0.240 e. The van der Waals surface area contributed by atoms with Crippen LogP contribution in [0, 0.1) is 0 Å². The molecule has 0 spiro atoms. The Labute approximate surface area is 86.9 Å². The Hall–Kier alpha value is -1.15. The van der Waals surface area contributed by atoms with Gasteiger partial charge in [0.15, 0.2) is 0 Å². The van der Waals surface area contributed by atoms with E-state index < -0.39 is 0 Å². The van der Waals surface area contributed by atoms with Crippen molar-refractivity contribution in [3.05, 3.63) is 35.2 Å². The number of fused-ring (bicyclic) bond motifs is 1. The second-order valence-electron chi connectivity index (χ2n) is 3.71. The molecule has 2 nitrogen and oxygen atoms in total. The van der Waals surface area contributed by atoms with Crippen LogP contribution in [0.3, 0.4) is 0 Å². The Kier molecular flexibility index (Phi) is 1.71. The summed E-state index contributed by atoms with van der Waals surface area (Å²) in [5.41, 5.74) is 0.953. The van der Waals surface area contributed by atoms with E-state index >= 15 is 0 Å². The smallest absolute Gasteiger partial charge is 0.132 e. The summed E-state index contributed by atoms with van der Waals surface area (Å²) in [5, 5.41) is 1.79. The third-order valence-electron chi connectivity index (χ3n) is 2.51. The second-order valence-corrected chi connectivity index (χ2v) is 4.14. The van der Waals surface area contributed by atoms with Crippen LogP contribution in [-0.4, -0.2) is 9.97 Å². The molecular formula is C11H9ClN2. The van der Waals surface area contributed by atoms with Crippen LogP contribution < -0.4 is 0 Å². The topological polar surface area (TPSA) is 25.8 Å². The number of nitrogens with zero attached hydrogens (tertiary/aromatic N) is 2. The molecule has 3 heteroatoms. The van der Waals surface area contributed by atoms with Gasteiger partial charge in [-0.2, -0.15) is 0 Å². The van der Waals surface area contributed by atoms with Crippen molar-refractivity contribution in [2.75, 3.05) is 0 Å². The van der Waals surface area contributed by atoms with E-state index in [1.54, 1.807) is 0 Å². The van der Waals surface area contributed by atoms with E-state index in [4.69, 9.17) is 11.6 Å². The summed E-state index contributed by atoms with van der Waals surface area (Å²) in [4.78, 5) is 8.85. The summed E-state index contributed by atoms with van der Waals surface area (Å²) >= 11 is 5.91. The molecule has 1 saturated carbocycles. The molecule has 1 aliphatic rings. The van der Waals surface area contributed by atoms with Gasteiger partial charge < -0.3 is 0 Å². The lowest BCUT2D eigenvalue weighted by Crippen LogP contribution is -1.91. The van der Waals surface area contributed by atoms with Crippen molar-refractivity contribution in [1.29, 1.82) is 0 Å². The molecular weight excluding hydrogens is 196 g/mol. The molecule has 1 aromatic heterocycles. The Morgan fingerprint density at radius 2 is 2.14 bits per heavy atom. The quantitative estimate of drug-likeness (QED) is 0.713. The highest BCUT2D eigenvalue weighted by molar-refractivity contribution is 6.31. The molecule has 70 valence electrons. The predicted molar refractivity (Wildman–Crippen MR) is 56.5 cm³/mol. The molecule has 14 heavy (non-hydrogen) atoms. The molecule has 0 bridgehead atoms. The Bertz CT molecular complexity index is 492. The summed E-state index contributed by atoms with van der Waals surface area (Å²) in [6.07, 6.45) is 4.34. The predicted octanol–water partition coefficient (Wildman–Crippen LogP) is 3.16. The lowest BCUT2D eigenvalue weighted by Gasteiger charge is -2.00. The number of hydrogen-bond donors (Lipinski definition) is 0. The van der Waals surface area contributed by atoms with E-state index in [1.807, 2.05) is 24.4 Å². The molecule has 1 fully saturated rings. The van der Waals surface area contributed by atoms with Gasteiger partial charge in [-0.25, -0.2) is 9.97 Å². The zero-order valence-electron chi connectivity index (χ0n) is 7.57. The van der Waals surface area contributed by atoms with Gasteiger partial charge in [0, 0.05) is 22.5 Å². The molecule has 1 aromatic carbocycles. The van der Waals surface area contributed by atoms with E-state index in [2.05, 4.69) is 9.97 Å². The molecule has 0 unspecified atom stereocenters. The molecule has 0 radical (unpaired) electrons. The normalized spacial score (nSPS) is 16.1. The summed E-state index contributed by atoms with van der Waals surface area (Å²) in [5.74, 6) is 1.57. The first-order chi connectivity index (χ1) is 6.83. The van der Waals surface area contributed by atoms with Gasteiger partial charge in [-0.15, -0.1) is 0 Å². The van der Waals surface area contributed by atoms with Crippen LogP contribution in [-0.2, 0) is 0 Å². The van der Waals surface area contributed by atoms with Crippen molar-refractivity contribution in [1.82, 2.24) is 9.97 Å². The zero-order valence-corrected chi connectivity index (χ0v) is 8.33. The third-order valence-corrected chi connectivity index (χ3v) is 2.74. The summed E-state index contributed by atoms with van der Waals surface area (Å²) in [6, 6.07) is 5.71. The fourth-order valence-corrected chi connectivity index (χ4v) is 1.72. The maximum absolute atomic E-state index is 5.91. The largest absolute Gasteiger partial charge is 0.240 e. The maximum Gasteiger partial charge on any atom is 0.132 e. The van der Waals surface area contributed by atoms with Crippen molar-refractivity contribution < 1.29 is 0 Å². The lowest BCUT2D eigenvalue weighted by molar-refractivity contribution is 0.948. The van der Waals surface area contributed by atoms with Gasteiger partial charge in [-0.1, -0.05) is 11.6 Å².